The average Bonchev–Trinajstić information content (AvgIpc) is 3.16. The van der Waals surface area contributed by atoms with Gasteiger partial charge in [0, 0.05) is 37.8 Å². The van der Waals surface area contributed by atoms with Crippen LogP contribution in [-0.2, 0) is 21.5 Å². The van der Waals surface area contributed by atoms with Gasteiger partial charge in [-0.05, 0) is 30.9 Å². The first-order valence-electron chi connectivity index (χ1n) is 8.85. The van der Waals surface area contributed by atoms with Crippen LogP contribution in [0.2, 0.25) is 0 Å². The molecule has 1 unspecified atom stereocenters. The highest BCUT2D eigenvalue weighted by atomic mass is 32.2. The molecule has 1 fully saturated rings. The van der Waals surface area contributed by atoms with Crippen molar-refractivity contribution in [1.82, 2.24) is 14.0 Å². The van der Waals surface area contributed by atoms with Gasteiger partial charge in [-0.3, -0.25) is 0 Å². The first-order valence-corrected chi connectivity index (χ1v) is 11.1. The molecule has 9 heteroatoms. The summed E-state index contributed by atoms with van der Waals surface area (Å²) in [5.74, 6) is 0.998. The van der Waals surface area contributed by atoms with Crippen molar-refractivity contribution in [2.75, 3.05) is 33.9 Å². The predicted octanol–water partition coefficient (Wildman–Crippen LogP) is 2.51. The zero-order chi connectivity index (χ0) is 19.3. The third-order valence-electron chi connectivity index (χ3n) is 4.54. The number of nitrogens with one attached hydrogen (secondary N) is 1. The molecular weight excluding hydrogens is 386 g/mol. The Bertz CT molecular complexity index is 852. The quantitative estimate of drug-likeness (QED) is 0.722. The second-order valence-corrected chi connectivity index (χ2v) is 9.35. The summed E-state index contributed by atoms with van der Waals surface area (Å²) in [5, 5.41) is 0.805. The molecule has 27 heavy (non-hydrogen) atoms. The van der Waals surface area contributed by atoms with Gasteiger partial charge in [0.25, 0.3) is 10.2 Å². The Morgan fingerprint density at radius 2 is 2.15 bits per heavy atom. The van der Waals surface area contributed by atoms with Crippen LogP contribution in [0.3, 0.4) is 0 Å². The van der Waals surface area contributed by atoms with Crippen LogP contribution in [0.4, 0.5) is 0 Å². The lowest BCUT2D eigenvalue weighted by Crippen LogP contribution is -2.46. The highest BCUT2D eigenvalue weighted by molar-refractivity contribution is 7.87. The topological polar surface area (TPSA) is 80.8 Å². The minimum atomic E-state index is -3.52. The van der Waals surface area contributed by atoms with Crippen LogP contribution in [0, 0.1) is 5.92 Å². The fraction of sp³-hybridized carbons (Fsp3) is 0.500. The van der Waals surface area contributed by atoms with E-state index >= 15 is 0 Å². The lowest BCUT2D eigenvalue weighted by Gasteiger charge is -2.31. The molecule has 1 atom stereocenters. The van der Waals surface area contributed by atoms with E-state index in [-0.39, 0.29) is 12.5 Å². The van der Waals surface area contributed by atoms with E-state index in [1.54, 1.807) is 20.4 Å². The molecule has 0 saturated carbocycles. The van der Waals surface area contributed by atoms with Crippen LogP contribution >= 0.6 is 11.3 Å². The second-order valence-electron chi connectivity index (χ2n) is 6.48. The molecule has 7 nitrogen and oxygen atoms in total. The van der Waals surface area contributed by atoms with Gasteiger partial charge in [-0.1, -0.05) is 12.1 Å². The van der Waals surface area contributed by atoms with Gasteiger partial charge in [0.05, 0.1) is 19.3 Å². The summed E-state index contributed by atoms with van der Waals surface area (Å²) < 4.78 is 40.0. The average molecular weight is 412 g/mol. The van der Waals surface area contributed by atoms with Crippen LogP contribution in [0.5, 0.6) is 5.75 Å². The molecule has 2 aromatic rings. The smallest absolute Gasteiger partial charge is 0.279 e. The number of nitrogens with zero attached hydrogens (tertiary/aromatic N) is 2. The molecule has 0 amide bonds. The zero-order valence-electron chi connectivity index (χ0n) is 15.6. The molecule has 1 aliphatic heterocycles. The molecule has 0 radical (unpaired) electrons. The lowest BCUT2D eigenvalue weighted by molar-refractivity contribution is 0.118. The molecule has 0 spiro atoms. The number of ether oxygens (including phenoxy) is 2. The summed E-state index contributed by atoms with van der Waals surface area (Å²) >= 11 is 1.45. The van der Waals surface area contributed by atoms with E-state index in [0.29, 0.717) is 19.7 Å². The molecule has 1 aromatic heterocycles. The summed E-state index contributed by atoms with van der Waals surface area (Å²) in [5.41, 5.74) is 0.901. The molecule has 1 saturated heterocycles. The van der Waals surface area contributed by atoms with Crippen molar-refractivity contribution < 1.29 is 17.9 Å². The maximum absolute atomic E-state index is 12.6. The Kier molecular flexibility index (Phi) is 6.83. The third kappa shape index (κ3) is 5.05. The van der Waals surface area contributed by atoms with E-state index in [4.69, 9.17) is 9.47 Å². The summed E-state index contributed by atoms with van der Waals surface area (Å²) in [4.78, 5) is 5.27. The van der Waals surface area contributed by atoms with Crippen LogP contribution in [-0.4, -0.2) is 51.6 Å². The maximum atomic E-state index is 12.6. The Hall–Kier alpha value is -1.52. The largest absolute Gasteiger partial charge is 0.496 e. The normalized spacial score (nSPS) is 18.5. The minimum absolute atomic E-state index is 0.223. The monoisotopic (exact) mass is 411 g/mol. The van der Waals surface area contributed by atoms with E-state index in [0.717, 1.165) is 34.0 Å². The Labute approximate surface area is 164 Å². The molecule has 0 aliphatic carbocycles. The standard InChI is InChI=1S/C18H25N3O4S2/c1-24-13-14-6-5-9-21(12-14)27(22,23)20-11-15-10-19-18(26-15)16-7-3-4-8-17(16)25-2/h3-4,7-8,10,14,20H,5-6,9,11-13H2,1-2H3. The summed E-state index contributed by atoms with van der Waals surface area (Å²) in [7, 11) is -0.249. The highest BCUT2D eigenvalue weighted by Gasteiger charge is 2.28. The van der Waals surface area contributed by atoms with Gasteiger partial charge in [-0.15, -0.1) is 11.3 Å². The van der Waals surface area contributed by atoms with Gasteiger partial charge in [-0.25, -0.2) is 4.98 Å². The van der Waals surface area contributed by atoms with E-state index in [1.165, 1.54) is 15.6 Å². The van der Waals surface area contributed by atoms with Crippen LogP contribution in [0.15, 0.2) is 30.5 Å². The first-order chi connectivity index (χ1) is 13.0. The first kappa shape index (κ1) is 20.2. The number of hydrogen-bond donors (Lipinski definition) is 1. The number of aromatic nitrogens is 1. The fourth-order valence-electron chi connectivity index (χ4n) is 3.21. The Morgan fingerprint density at radius 3 is 2.93 bits per heavy atom. The molecule has 148 valence electrons. The van der Waals surface area contributed by atoms with Crippen LogP contribution < -0.4 is 9.46 Å². The minimum Gasteiger partial charge on any atom is -0.496 e. The van der Waals surface area contributed by atoms with Gasteiger partial charge in [0.15, 0.2) is 0 Å². The van der Waals surface area contributed by atoms with Gasteiger partial charge < -0.3 is 9.47 Å². The molecular formula is C18H25N3O4S2. The lowest BCUT2D eigenvalue weighted by atomic mass is 10.0. The number of thiazole rings is 1. The number of piperidine rings is 1. The Morgan fingerprint density at radius 1 is 1.33 bits per heavy atom. The number of methoxy groups -OCH3 is 2. The van der Waals surface area contributed by atoms with Gasteiger partial charge >= 0.3 is 0 Å². The van der Waals surface area contributed by atoms with Crippen molar-refractivity contribution >= 4 is 21.5 Å². The number of hydrogen-bond acceptors (Lipinski definition) is 6. The van der Waals surface area contributed by atoms with Gasteiger partial charge in [0.1, 0.15) is 10.8 Å². The zero-order valence-corrected chi connectivity index (χ0v) is 17.2. The van der Waals surface area contributed by atoms with Crippen LogP contribution in [0.1, 0.15) is 17.7 Å². The van der Waals surface area contributed by atoms with Crippen molar-refractivity contribution in [2.45, 2.75) is 19.4 Å². The number of rotatable bonds is 8. The van der Waals surface area contributed by atoms with Gasteiger partial charge in [-0.2, -0.15) is 17.4 Å². The molecule has 0 bridgehead atoms. The molecule has 1 N–H and O–H groups in total. The third-order valence-corrected chi connectivity index (χ3v) is 7.09. The highest BCUT2D eigenvalue weighted by Crippen LogP contribution is 2.32. The fourth-order valence-corrected chi connectivity index (χ4v) is 5.48. The molecule has 1 aromatic carbocycles. The summed E-state index contributed by atoms with van der Waals surface area (Å²) in [6.07, 6.45) is 3.56. The second kappa shape index (κ2) is 9.11. The SMILES string of the molecule is COCC1CCCN(S(=O)(=O)NCc2cnc(-c3ccccc3OC)s2)C1. The Balaban J connectivity index is 1.64. The van der Waals surface area contributed by atoms with Crippen molar-refractivity contribution in [3.8, 4) is 16.3 Å². The van der Waals surface area contributed by atoms with Crippen molar-refractivity contribution in [3.05, 3.63) is 35.3 Å². The van der Waals surface area contributed by atoms with Crippen LogP contribution in [0.25, 0.3) is 10.6 Å². The van der Waals surface area contributed by atoms with E-state index in [9.17, 15) is 8.42 Å². The predicted molar refractivity (Wildman–Crippen MR) is 106 cm³/mol. The van der Waals surface area contributed by atoms with Crippen molar-refractivity contribution in [1.29, 1.82) is 0 Å². The van der Waals surface area contributed by atoms with Gasteiger partial charge in [0.2, 0.25) is 0 Å². The molecule has 2 heterocycles. The van der Waals surface area contributed by atoms with E-state index < -0.39 is 10.2 Å². The summed E-state index contributed by atoms with van der Waals surface area (Å²) in [6, 6.07) is 7.65. The number of para-hydroxylation sites is 1. The van der Waals surface area contributed by atoms with Crippen molar-refractivity contribution in [2.24, 2.45) is 5.92 Å². The summed E-state index contributed by atoms with van der Waals surface area (Å²) in [6.45, 7) is 1.85. The maximum Gasteiger partial charge on any atom is 0.279 e. The molecule has 3 rings (SSSR count). The van der Waals surface area contributed by atoms with E-state index in [1.807, 2.05) is 24.3 Å². The molecule has 1 aliphatic rings. The number of benzene rings is 1. The van der Waals surface area contributed by atoms with E-state index in [2.05, 4.69) is 9.71 Å². The van der Waals surface area contributed by atoms with Crippen molar-refractivity contribution in [3.63, 3.8) is 0 Å².